The topological polar surface area (TPSA) is 57.5 Å². The number of aliphatic hydroxyl groups is 1. The first-order valence-corrected chi connectivity index (χ1v) is 11.3. The molecule has 0 spiro atoms. The third-order valence-corrected chi connectivity index (χ3v) is 9.74. The first-order valence-electron chi connectivity index (χ1n) is 11.3. The van der Waals surface area contributed by atoms with Crippen molar-refractivity contribution in [2.24, 2.45) is 40.4 Å². The summed E-state index contributed by atoms with van der Waals surface area (Å²) >= 11 is 0. The molecule has 0 heterocycles. The molecule has 8 atom stereocenters. The van der Waals surface area contributed by atoms with Crippen molar-refractivity contribution in [1.82, 2.24) is 0 Å². The standard InChI is InChI=1S/C23H38O3/c1-22-12-4-3-6-16(22)14-19(24)21-17-10-9-15(7-5-8-20(25)26)23(17,2)13-11-18(21)22/h15-19,21,24H,3-14H2,1-2H3,(H,25,26)/t15-,16?,17-,18-,19-,21-,22-,23+/m0/s1. The normalized spacial score (nSPS) is 50.6. The highest BCUT2D eigenvalue weighted by Crippen LogP contribution is 2.67. The van der Waals surface area contributed by atoms with Gasteiger partial charge in [0, 0.05) is 6.42 Å². The van der Waals surface area contributed by atoms with E-state index >= 15 is 0 Å². The lowest BCUT2D eigenvalue weighted by Crippen LogP contribution is -2.57. The molecule has 0 saturated heterocycles. The van der Waals surface area contributed by atoms with E-state index in [0.717, 1.165) is 25.2 Å². The van der Waals surface area contributed by atoms with Gasteiger partial charge in [-0.15, -0.1) is 0 Å². The molecule has 0 aromatic heterocycles. The molecule has 0 aromatic carbocycles. The van der Waals surface area contributed by atoms with Gasteiger partial charge < -0.3 is 10.2 Å². The maximum absolute atomic E-state index is 11.2. The second-order valence-corrected chi connectivity index (χ2v) is 10.6. The summed E-state index contributed by atoms with van der Waals surface area (Å²) in [6.45, 7) is 5.04. The van der Waals surface area contributed by atoms with E-state index in [1.807, 2.05) is 0 Å². The minimum absolute atomic E-state index is 0.0985. The molecule has 4 fully saturated rings. The van der Waals surface area contributed by atoms with E-state index in [4.69, 9.17) is 5.11 Å². The quantitative estimate of drug-likeness (QED) is 0.717. The van der Waals surface area contributed by atoms with Gasteiger partial charge >= 0.3 is 5.97 Å². The van der Waals surface area contributed by atoms with Gasteiger partial charge in [0.1, 0.15) is 0 Å². The summed E-state index contributed by atoms with van der Waals surface area (Å²) in [5, 5.41) is 20.2. The Morgan fingerprint density at radius 2 is 1.77 bits per heavy atom. The van der Waals surface area contributed by atoms with Gasteiger partial charge in [-0.3, -0.25) is 4.79 Å². The number of fused-ring (bicyclic) bond motifs is 5. The predicted octanol–water partition coefficient (Wildman–Crippen LogP) is 5.26. The van der Waals surface area contributed by atoms with Crippen molar-refractivity contribution in [2.75, 3.05) is 0 Å². The molecule has 4 aliphatic carbocycles. The average Bonchev–Trinajstić information content (AvgIpc) is 2.92. The second kappa shape index (κ2) is 6.79. The van der Waals surface area contributed by atoms with Crippen LogP contribution in [0.1, 0.15) is 90.9 Å². The Hall–Kier alpha value is -0.570. The molecule has 26 heavy (non-hydrogen) atoms. The number of carboxylic acid groups (broad SMARTS) is 1. The van der Waals surface area contributed by atoms with Crippen molar-refractivity contribution in [3.8, 4) is 0 Å². The average molecular weight is 363 g/mol. The van der Waals surface area contributed by atoms with E-state index in [2.05, 4.69) is 13.8 Å². The zero-order valence-electron chi connectivity index (χ0n) is 16.8. The van der Waals surface area contributed by atoms with Crippen LogP contribution < -0.4 is 0 Å². The molecule has 2 N–H and O–H groups in total. The molecule has 148 valence electrons. The van der Waals surface area contributed by atoms with Crippen LogP contribution in [-0.4, -0.2) is 22.3 Å². The van der Waals surface area contributed by atoms with Gasteiger partial charge in [0.05, 0.1) is 6.10 Å². The van der Waals surface area contributed by atoms with E-state index in [1.54, 1.807) is 0 Å². The minimum atomic E-state index is -0.660. The summed E-state index contributed by atoms with van der Waals surface area (Å²) in [5.41, 5.74) is 0.795. The number of aliphatic hydroxyl groups excluding tert-OH is 1. The van der Waals surface area contributed by atoms with Crippen LogP contribution >= 0.6 is 0 Å². The molecule has 1 unspecified atom stereocenters. The molecular formula is C23H38O3. The Balaban J connectivity index is 1.53. The van der Waals surface area contributed by atoms with Crippen LogP contribution in [0, 0.1) is 40.4 Å². The highest BCUT2D eigenvalue weighted by Gasteiger charge is 2.61. The summed E-state index contributed by atoms with van der Waals surface area (Å²) in [5.74, 6) is 2.62. The van der Waals surface area contributed by atoms with Gasteiger partial charge in [-0.2, -0.15) is 0 Å². The number of hydrogen-bond donors (Lipinski definition) is 2. The molecule has 4 saturated carbocycles. The molecule has 4 aliphatic rings. The zero-order chi connectivity index (χ0) is 18.5. The van der Waals surface area contributed by atoms with Crippen molar-refractivity contribution in [3.63, 3.8) is 0 Å². The van der Waals surface area contributed by atoms with E-state index in [1.165, 1.54) is 51.4 Å². The molecule has 0 radical (unpaired) electrons. The fourth-order valence-electron chi connectivity index (χ4n) is 8.34. The molecule has 3 heteroatoms. The van der Waals surface area contributed by atoms with Crippen molar-refractivity contribution in [1.29, 1.82) is 0 Å². The molecule has 0 aromatic rings. The van der Waals surface area contributed by atoms with Gasteiger partial charge in [-0.25, -0.2) is 0 Å². The highest BCUT2D eigenvalue weighted by molar-refractivity contribution is 5.66. The second-order valence-electron chi connectivity index (χ2n) is 10.6. The van der Waals surface area contributed by atoms with Crippen molar-refractivity contribution in [2.45, 2.75) is 97.0 Å². The number of aliphatic carboxylic acids is 1. The predicted molar refractivity (Wildman–Crippen MR) is 103 cm³/mol. The van der Waals surface area contributed by atoms with Gasteiger partial charge in [-0.1, -0.05) is 26.7 Å². The van der Waals surface area contributed by atoms with Crippen molar-refractivity contribution in [3.05, 3.63) is 0 Å². The Bertz CT molecular complexity index is 546. The number of carbonyl (C=O) groups is 1. The highest BCUT2D eigenvalue weighted by atomic mass is 16.4. The van der Waals surface area contributed by atoms with E-state index in [-0.39, 0.29) is 6.10 Å². The lowest BCUT2D eigenvalue weighted by atomic mass is 9.44. The maximum atomic E-state index is 11.2. The van der Waals surface area contributed by atoms with Crippen LogP contribution in [0.3, 0.4) is 0 Å². The smallest absolute Gasteiger partial charge is 0.303 e. The molecule has 0 bridgehead atoms. The number of hydrogen-bond acceptors (Lipinski definition) is 2. The fraction of sp³-hybridized carbons (Fsp3) is 0.957. The third-order valence-electron chi connectivity index (χ3n) is 9.74. The van der Waals surface area contributed by atoms with E-state index < -0.39 is 5.97 Å². The Labute approximate surface area is 158 Å². The first-order chi connectivity index (χ1) is 12.4. The van der Waals surface area contributed by atoms with Crippen LogP contribution in [0.25, 0.3) is 0 Å². The maximum Gasteiger partial charge on any atom is 0.303 e. The van der Waals surface area contributed by atoms with Crippen LogP contribution in [0.4, 0.5) is 0 Å². The van der Waals surface area contributed by atoms with Crippen LogP contribution in [0.15, 0.2) is 0 Å². The molecule has 0 amide bonds. The Morgan fingerprint density at radius 3 is 2.54 bits per heavy atom. The van der Waals surface area contributed by atoms with E-state index in [9.17, 15) is 9.90 Å². The van der Waals surface area contributed by atoms with Crippen molar-refractivity contribution < 1.29 is 15.0 Å². The lowest BCUT2D eigenvalue weighted by molar-refractivity contribution is -0.162. The largest absolute Gasteiger partial charge is 0.481 e. The molecule has 0 aliphatic heterocycles. The Kier molecular flexibility index (Phi) is 4.91. The third kappa shape index (κ3) is 2.84. The van der Waals surface area contributed by atoms with Gasteiger partial charge in [0.2, 0.25) is 0 Å². The summed E-state index contributed by atoms with van der Waals surface area (Å²) in [6.07, 6.45) is 13.7. The first kappa shape index (κ1) is 18.8. The fourth-order valence-corrected chi connectivity index (χ4v) is 8.34. The summed E-state index contributed by atoms with van der Waals surface area (Å²) in [4.78, 5) is 10.9. The van der Waals surface area contributed by atoms with Gasteiger partial charge in [0.15, 0.2) is 0 Å². The monoisotopic (exact) mass is 362 g/mol. The Morgan fingerprint density at radius 1 is 1.00 bits per heavy atom. The van der Waals surface area contributed by atoms with Crippen LogP contribution in [0.5, 0.6) is 0 Å². The zero-order valence-corrected chi connectivity index (χ0v) is 16.8. The SMILES string of the molecule is C[C@]12CC[C@H]3[C@@H]([C@@H](O)CC4CCCC[C@@]43C)[C@@H]1CC[C@@H]2CCCC(=O)O. The summed E-state index contributed by atoms with van der Waals surface area (Å²) < 4.78 is 0. The summed E-state index contributed by atoms with van der Waals surface area (Å²) in [6, 6.07) is 0. The number of rotatable bonds is 4. The van der Waals surface area contributed by atoms with Crippen LogP contribution in [0.2, 0.25) is 0 Å². The lowest BCUT2D eigenvalue weighted by Gasteiger charge is -2.62. The van der Waals surface area contributed by atoms with E-state index in [0.29, 0.717) is 40.9 Å². The van der Waals surface area contributed by atoms with Gasteiger partial charge in [-0.05, 0) is 98.2 Å². The molecule has 4 rings (SSSR count). The van der Waals surface area contributed by atoms with Gasteiger partial charge in [0.25, 0.3) is 0 Å². The van der Waals surface area contributed by atoms with Crippen molar-refractivity contribution >= 4 is 5.97 Å². The molecular weight excluding hydrogens is 324 g/mol. The summed E-state index contributed by atoms with van der Waals surface area (Å²) in [7, 11) is 0. The number of carboxylic acids is 1. The molecule has 3 nitrogen and oxygen atoms in total. The van der Waals surface area contributed by atoms with Crippen LogP contribution in [-0.2, 0) is 4.79 Å². The minimum Gasteiger partial charge on any atom is -0.481 e.